The van der Waals surface area contributed by atoms with Crippen LogP contribution in [0.5, 0.6) is 5.75 Å². The van der Waals surface area contributed by atoms with Crippen molar-refractivity contribution in [1.29, 1.82) is 0 Å². The monoisotopic (exact) mass is 389 g/mol. The average Bonchev–Trinajstić information content (AvgIpc) is 2.94. The SMILES string of the molecule is COC(=O)Cc1c(C)n(C(=O)c2ccc(F)cc2)c2ccc(OC)c(Cl)c12. The van der Waals surface area contributed by atoms with Gasteiger partial charge in [0, 0.05) is 16.6 Å². The molecule has 3 rings (SSSR count). The highest BCUT2D eigenvalue weighted by molar-refractivity contribution is 6.37. The smallest absolute Gasteiger partial charge is 0.310 e. The van der Waals surface area contributed by atoms with Gasteiger partial charge in [0.25, 0.3) is 5.91 Å². The first-order chi connectivity index (χ1) is 12.9. The summed E-state index contributed by atoms with van der Waals surface area (Å²) in [6.45, 7) is 1.72. The molecule has 140 valence electrons. The number of nitrogens with zero attached hydrogens (tertiary/aromatic N) is 1. The summed E-state index contributed by atoms with van der Waals surface area (Å²) in [7, 11) is 2.78. The molecule has 0 fully saturated rings. The third-order valence-corrected chi connectivity index (χ3v) is 4.84. The number of esters is 1. The van der Waals surface area contributed by atoms with Crippen LogP contribution in [0.3, 0.4) is 0 Å². The van der Waals surface area contributed by atoms with Crippen LogP contribution in [0.2, 0.25) is 5.02 Å². The fourth-order valence-electron chi connectivity index (χ4n) is 3.09. The zero-order chi connectivity index (χ0) is 19.7. The molecule has 1 aromatic heterocycles. The van der Waals surface area contributed by atoms with E-state index in [1.54, 1.807) is 19.1 Å². The Balaban J connectivity index is 2.28. The lowest BCUT2D eigenvalue weighted by Gasteiger charge is -2.08. The van der Waals surface area contributed by atoms with Gasteiger partial charge in [0.1, 0.15) is 11.6 Å². The van der Waals surface area contributed by atoms with Gasteiger partial charge in [-0.05, 0) is 48.9 Å². The number of aromatic nitrogens is 1. The van der Waals surface area contributed by atoms with Gasteiger partial charge in [0.2, 0.25) is 0 Å². The van der Waals surface area contributed by atoms with Crippen molar-refractivity contribution in [3.63, 3.8) is 0 Å². The topological polar surface area (TPSA) is 57.5 Å². The number of benzene rings is 2. The van der Waals surface area contributed by atoms with Gasteiger partial charge in [0.15, 0.2) is 0 Å². The summed E-state index contributed by atoms with van der Waals surface area (Å²) < 4.78 is 24.7. The fourth-order valence-corrected chi connectivity index (χ4v) is 3.44. The van der Waals surface area contributed by atoms with Crippen molar-refractivity contribution >= 4 is 34.4 Å². The molecular formula is C20H17ClFNO4. The minimum atomic E-state index is -0.453. The number of hydrogen-bond acceptors (Lipinski definition) is 4. The van der Waals surface area contributed by atoms with E-state index in [1.165, 1.54) is 43.1 Å². The van der Waals surface area contributed by atoms with Gasteiger partial charge in [-0.15, -0.1) is 0 Å². The predicted molar refractivity (Wildman–Crippen MR) is 100 cm³/mol. The largest absolute Gasteiger partial charge is 0.495 e. The van der Waals surface area contributed by atoms with E-state index in [1.807, 2.05) is 0 Å². The first kappa shape index (κ1) is 18.9. The Bertz CT molecular complexity index is 1040. The van der Waals surface area contributed by atoms with Crippen LogP contribution in [-0.4, -0.2) is 30.7 Å². The molecule has 0 spiro atoms. The van der Waals surface area contributed by atoms with Crippen LogP contribution in [-0.2, 0) is 16.0 Å². The highest BCUT2D eigenvalue weighted by Crippen LogP contribution is 2.38. The van der Waals surface area contributed by atoms with Crippen molar-refractivity contribution in [1.82, 2.24) is 4.57 Å². The Morgan fingerprint density at radius 1 is 1.11 bits per heavy atom. The van der Waals surface area contributed by atoms with E-state index in [-0.39, 0.29) is 12.3 Å². The molecule has 0 aliphatic carbocycles. The molecule has 1 heterocycles. The molecule has 0 saturated heterocycles. The number of carbonyl (C=O) groups is 2. The van der Waals surface area contributed by atoms with Crippen LogP contribution < -0.4 is 4.74 Å². The van der Waals surface area contributed by atoms with Crippen molar-refractivity contribution in [2.75, 3.05) is 14.2 Å². The summed E-state index contributed by atoms with van der Waals surface area (Å²) in [5, 5.41) is 0.858. The first-order valence-electron chi connectivity index (χ1n) is 8.12. The van der Waals surface area contributed by atoms with Crippen LogP contribution in [0.4, 0.5) is 4.39 Å². The summed E-state index contributed by atoms with van der Waals surface area (Å²) in [6.07, 6.45) is -0.0462. The lowest BCUT2D eigenvalue weighted by Crippen LogP contribution is -2.14. The maximum atomic E-state index is 13.2. The number of ether oxygens (including phenoxy) is 2. The Hall–Kier alpha value is -2.86. The van der Waals surface area contributed by atoms with E-state index in [2.05, 4.69) is 0 Å². The lowest BCUT2D eigenvalue weighted by molar-refractivity contribution is -0.139. The molecule has 2 aromatic carbocycles. The summed E-state index contributed by atoms with van der Waals surface area (Å²) in [4.78, 5) is 25.0. The second-order valence-electron chi connectivity index (χ2n) is 5.94. The Morgan fingerprint density at radius 3 is 2.37 bits per heavy atom. The Morgan fingerprint density at radius 2 is 1.78 bits per heavy atom. The minimum Gasteiger partial charge on any atom is -0.495 e. The third kappa shape index (κ3) is 3.28. The van der Waals surface area contributed by atoms with Crippen molar-refractivity contribution in [3.05, 3.63) is 64.1 Å². The lowest BCUT2D eigenvalue weighted by atomic mass is 10.1. The van der Waals surface area contributed by atoms with Crippen molar-refractivity contribution < 1.29 is 23.5 Å². The standard InChI is InChI=1S/C20H17ClFNO4/c1-11-14(10-17(24)27-3)18-15(8-9-16(26-2)19(18)21)23(11)20(25)12-4-6-13(22)7-5-12/h4-9H,10H2,1-3H3. The number of rotatable bonds is 4. The van der Waals surface area contributed by atoms with Gasteiger partial charge < -0.3 is 9.47 Å². The number of halogens is 2. The second kappa shape index (κ2) is 7.40. The fraction of sp³-hybridized carbons (Fsp3) is 0.200. The van der Waals surface area contributed by atoms with Crippen LogP contribution in [0.15, 0.2) is 36.4 Å². The summed E-state index contributed by atoms with van der Waals surface area (Å²) >= 11 is 6.48. The molecule has 0 unspecified atom stereocenters. The summed E-state index contributed by atoms with van der Waals surface area (Å²) in [5.74, 6) is -0.804. The molecule has 27 heavy (non-hydrogen) atoms. The predicted octanol–water partition coefficient (Wildman–Crippen LogP) is 4.15. The van der Waals surface area contributed by atoms with Crippen molar-refractivity contribution in [2.24, 2.45) is 0 Å². The van der Waals surface area contributed by atoms with Gasteiger partial charge in [-0.25, -0.2) is 4.39 Å². The minimum absolute atomic E-state index is 0.0462. The van der Waals surface area contributed by atoms with E-state index in [0.717, 1.165) is 0 Å². The van der Waals surface area contributed by atoms with Gasteiger partial charge in [0.05, 0.1) is 31.2 Å². The molecule has 0 aliphatic rings. The van der Waals surface area contributed by atoms with Crippen LogP contribution in [0.1, 0.15) is 21.6 Å². The molecule has 0 radical (unpaired) electrons. The quantitative estimate of drug-likeness (QED) is 0.629. The van der Waals surface area contributed by atoms with E-state index >= 15 is 0 Å². The van der Waals surface area contributed by atoms with E-state index in [9.17, 15) is 14.0 Å². The molecule has 0 atom stereocenters. The van der Waals surface area contributed by atoms with Gasteiger partial charge in [-0.2, -0.15) is 0 Å². The zero-order valence-electron chi connectivity index (χ0n) is 15.0. The van der Waals surface area contributed by atoms with E-state index in [4.69, 9.17) is 21.1 Å². The maximum absolute atomic E-state index is 13.2. The number of methoxy groups -OCH3 is 2. The van der Waals surface area contributed by atoms with Crippen LogP contribution in [0.25, 0.3) is 10.9 Å². The summed E-state index contributed by atoms with van der Waals surface area (Å²) in [6, 6.07) is 8.62. The van der Waals surface area contributed by atoms with Gasteiger partial charge in [-0.1, -0.05) is 11.6 Å². The maximum Gasteiger partial charge on any atom is 0.310 e. The van der Waals surface area contributed by atoms with E-state index in [0.29, 0.717) is 38.5 Å². The third-order valence-electron chi connectivity index (χ3n) is 4.46. The molecular weight excluding hydrogens is 373 g/mol. The Labute approximate surface area is 160 Å². The molecule has 0 saturated carbocycles. The molecule has 0 bridgehead atoms. The number of fused-ring (bicyclic) bond motifs is 1. The van der Waals surface area contributed by atoms with Crippen LogP contribution >= 0.6 is 11.6 Å². The first-order valence-corrected chi connectivity index (χ1v) is 8.50. The zero-order valence-corrected chi connectivity index (χ0v) is 15.8. The van der Waals surface area contributed by atoms with E-state index < -0.39 is 11.8 Å². The molecule has 0 N–H and O–H groups in total. The Kier molecular flexibility index (Phi) is 5.19. The van der Waals surface area contributed by atoms with Gasteiger partial charge in [-0.3, -0.25) is 14.2 Å². The highest BCUT2D eigenvalue weighted by atomic mass is 35.5. The highest BCUT2D eigenvalue weighted by Gasteiger charge is 2.24. The normalized spacial score (nSPS) is 10.9. The number of hydrogen-bond donors (Lipinski definition) is 0. The average molecular weight is 390 g/mol. The van der Waals surface area contributed by atoms with Crippen molar-refractivity contribution in [2.45, 2.75) is 13.3 Å². The summed E-state index contributed by atoms with van der Waals surface area (Å²) in [5.41, 5.74) is 1.98. The van der Waals surface area contributed by atoms with Crippen LogP contribution in [0, 0.1) is 12.7 Å². The van der Waals surface area contributed by atoms with Crippen molar-refractivity contribution in [3.8, 4) is 5.75 Å². The molecule has 7 heteroatoms. The second-order valence-corrected chi connectivity index (χ2v) is 6.32. The molecule has 0 aliphatic heterocycles. The molecule has 3 aromatic rings. The molecule has 5 nitrogen and oxygen atoms in total. The van der Waals surface area contributed by atoms with Gasteiger partial charge >= 0.3 is 5.97 Å². The number of carbonyl (C=O) groups excluding carboxylic acids is 2. The molecule has 0 amide bonds.